The van der Waals surface area contributed by atoms with Gasteiger partial charge in [0, 0.05) is 45.3 Å². The molecule has 0 spiro atoms. The Morgan fingerprint density at radius 3 is 2.31 bits per heavy atom. The van der Waals surface area contributed by atoms with Crippen molar-refractivity contribution in [1.29, 1.82) is 0 Å². The monoisotopic (exact) mass is 668 g/mol. The molecule has 0 radical (unpaired) electrons. The van der Waals surface area contributed by atoms with Crippen LogP contribution in [0, 0.1) is 17.3 Å². The van der Waals surface area contributed by atoms with Crippen LogP contribution in [0.25, 0.3) is 55.7 Å². The molecule has 7 aromatic rings. The summed E-state index contributed by atoms with van der Waals surface area (Å²) in [6.07, 6.45) is 14.9. The standard InChI is InChI=1S/C48H36N4/c1-30-34-20-8-7-16-32(34)27-39-46(30)52(47-45(49-40-24-11-12-25-41(40)50-47)37-23-14-17-31-15-6-9-21-35(31)37)44-28-43-38(29-48(39,44)2)36-22-10-13-26-42(36)51(43)33-18-4-3-5-19-33/h3-28,30,34H,29H2,1-2H3. The number of allylic oxidation sites excluding steroid dienone is 8. The van der Waals surface area contributed by atoms with E-state index in [0.717, 1.165) is 34.5 Å². The van der Waals surface area contributed by atoms with Gasteiger partial charge in [0.15, 0.2) is 5.82 Å². The molecular formula is C48H36N4. The molecule has 0 saturated heterocycles. The van der Waals surface area contributed by atoms with Crippen LogP contribution in [0.2, 0.25) is 0 Å². The number of anilines is 1. The first-order chi connectivity index (χ1) is 25.6. The second kappa shape index (κ2) is 10.9. The molecule has 4 aliphatic rings. The maximum Gasteiger partial charge on any atom is 0.164 e. The van der Waals surface area contributed by atoms with Gasteiger partial charge in [0.25, 0.3) is 0 Å². The molecule has 52 heavy (non-hydrogen) atoms. The zero-order chi connectivity index (χ0) is 34.6. The Balaban J connectivity index is 1.25. The van der Waals surface area contributed by atoms with Crippen LogP contribution in [0.5, 0.6) is 0 Å². The third-order valence-electron chi connectivity index (χ3n) is 11.9. The van der Waals surface area contributed by atoms with Crippen LogP contribution >= 0.6 is 0 Å². The summed E-state index contributed by atoms with van der Waals surface area (Å²) in [5, 5.41) is 3.68. The predicted octanol–water partition coefficient (Wildman–Crippen LogP) is 11.4. The van der Waals surface area contributed by atoms with Crippen LogP contribution in [0.4, 0.5) is 5.82 Å². The van der Waals surface area contributed by atoms with Gasteiger partial charge >= 0.3 is 0 Å². The maximum atomic E-state index is 5.60. The highest BCUT2D eigenvalue weighted by molar-refractivity contribution is 6.01. The van der Waals surface area contributed by atoms with Gasteiger partial charge in [-0.05, 0) is 77.2 Å². The molecule has 4 heteroatoms. The van der Waals surface area contributed by atoms with E-state index in [1.807, 2.05) is 0 Å². The topological polar surface area (TPSA) is 34.0 Å². The number of benzene rings is 5. The van der Waals surface area contributed by atoms with E-state index < -0.39 is 0 Å². The molecule has 248 valence electrons. The summed E-state index contributed by atoms with van der Waals surface area (Å²) >= 11 is 0. The molecule has 1 aliphatic heterocycles. The van der Waals surface area contributed by atoms with Gasteiger partial charge in [0.1, 0.15) is 5.69 Å². The predicted molar refractivity (Wildman–Crippen MR) is 214 cm³/mol. The fraction of sp³-hybridized carbons (Fsp3) is 0.125. The van der Waals surface area contributed by atoms with Crippen LogP contribution in [0.15, 0.2) is 174 Å². The molecule has 0 fully saturated rings. The number of fused-ring (bicyclic) bond motifs is 8. The van der Waals surface area contributed by atoms with Crippen molar-refractivity contribution in [2.75, 3.05) is 4.90 Å². The average molecular weight is 669 g/mol. The Bertz CT molecular complexity index is 2810. The minimum atomic E-state index is -0.293. The Labute approximate surface area is 303 Å². The lowest BCUT2D eigenvalue weighted by atomic mass is 9.68. The molecule has 0 amide bonds. The summed E-state index contributed by atoms with van der Waals surface area (Å²) in [4.78, 5) is 13.6. The normalized spacial score (nSPS) is 21.6. The Kier molecular flexibility index (Phi) is 6.16. The zero-order valence-electron chi connectivity index (χ0n) is 29.2. The van der Waals surface area contributed by atoms with Crippen molar-refractivity contribution >= 4 is 44.6 Å². The van der Waals surface area contributed by atoms with Gasteiger partial charge in [0.05, 0.1) is 22.2 Å². The molecule has 5 aromatic carbocycles. The first kappa shape index (κ1) is 29.5. The zero-order valence-corrected chi connectivity index (χ0v) is 29.2. The summed E-state index contributed by atoms with van der Waals surface area (Å²) in [6.45, 7) is 4.87. The van der Waals surface area contributed by atoms with Crippen LogP contribution in [0.3, 0.4) is 0 Å². The van der Waals surface area contributed by atoms with Crippen molar-refractivity contribution in [2.45, 2.75) is 20.3 Å². The highest BCUT2D eigenvalue weighted by Crippen LogP contribution is 2.61. The van der Waals surface area contributed by atoms with Crippen LogP contribution < -0.4 is 4.90 Å². The molecule has 11 rings (SSSR count). The van der Waals surface area contributed by atoms with E-state index >= 15 is 0 Å². The molecule has 4 nitrogen and oxygen atoms in total. The Morgan fingerprint density at radius 2 is 1.44 bits per heavy atom. The SMILES string of the molecule is CC1C2=C(C=C3C=CC=CC31)C1(C)Cc3c(n(-c4ccccc4)c4ccccc34)C=C1N2c1nc2ccccc2nc1-c1cccc2ccccc12. The van der Waals surface area contributed by atoms with Gasteiger partial charge in [-0.2, -0.15) is 0 Å². The molecule has 2 aromatic heterocycles. The van der Waals surface area contributed by atoms with E-state index in [9.17, 15) is 0 Å². The third kappa shape index (κ3) is 4.03. The molecule has 0 N–H and O–H groups in total. The van der Waals surface area contributed by atoms with Crippen molar-refractivity contribution in [3.63, 3.8) is 0 Å². The highest BCUT2D eigenvalue weighted by Gasteiger charge is 2.52. The summed E-state index contributed by atoms with van der Waals surface area (Å²) in [6, 6.07) is 43.2. The van der Waals surface area contributed by atoms with Crippen LogP contribution in [-0.4, -0.2) is 14.5 Å². The Morgan fingerprint density at radius 1 is 0.712 bits per heavy atom. The number of para-hydroxylation sites is 4. The van der Waals surface area contributed by atoms with Gasteiger partial charge < -0.3 is 4.57 Å². The van der Waals surface area contributed by atoms with E-state index in [4.69, 9.17) is 9.97 Å². The summed E-state index contributed by atoms with van der Waals surface area (Å²) in [5.74, 6) is 1.40. The quantitative estimate of drug-likeness (QED) is 0.188. The van der Waals surface area contributed by atoms with E-state index in [2.05, 4.69) is 181 Å². The maximum absolute atomic E-state index is 5.60. The lowest BCUT2D eigenvalue weighted by Gasteiger charge is -2.36. The van der Waals surface area contributed by atoms with Gasteiger partial charge in [-0.1, -0.05) is 128 Å². The van der Waals surface area contributed by atoms with Crippen molar-refractivity contribution < 1.29 is 0 Å². The number of aromatic nitrogens is 3. The summed E-state index contributed by atoms with van der Waals surface area (Å²) in [5.41, 5.74) is 13.9. The van der Waals surface area contributed by atoms with Crippen LogP contribution in [-0.2, 0) is 6.42 Å². The fourth-order valence-electron chi connectivity index (χ4n) is 9.51. The first-order valence-corrected chi connectivity index (χ1v) is 18.3. The van der Waals surface area contributed by atoms with E-state index in [-0.39, 0.29) is 17.3 Å². The first-order valence-electron chi connectivity index (χ1n) is 18.3. The van der Waals surface area contributed by atoms with Crippen molar-refractivity contribution in [3.8, 4) is 16.9 Å². The number of hydrogen-bond acceptors (Lipinski definition) is 3. The van der Waals surface area contributed by atoms with E-state index in [1.54, 1.807) is 0 Å². The molecule has 3 unspecified atom stereocenters. The second-order valence-corrected chi connectivity index (χ2v) is 14.8. The lowest BCUT2D eigenvalue weighted by molar-refractivity contribution is 0.487. The molecule has 3 heterocycles. The summed E-state index contributed by atoms with van der Waals surface area (Å²) in [7, 11) is 0. The average Bonchev–Trinajstić information content (AvgIpc) is 3.64. The molecule has 0 bridgehead atoms. The molecule has 3 atom stereocenters. The van der Waals surface area contributed by atoms with Crippen molar-refractivity contribution in [1.82, 2.24) is 14.5 Å². The second-order valence-electron chi connectivity index (χ2n) is 14.8. The number of rotatable bonds is 3. The smallest absolute Gasteiger partial charge is 0.164 e. The van der Waals surface area contributed by atoms with Gasteiger partial charge in [-0.15, -0.1) is 0 Å². The lowest BCUT2D eigenvalue weighted by Crippen LogP contribution is -2.32. The molecule has 0 saturated carbocycles. The van der Waals surface area contributed by atoms with Crippen LogP contribution in [0.1, 0.15) is 25.1 Å². The Hall–Kier alpha value is -6.26. The van der Waals surface area contributed by atoms with Gasteiger partial charge in [-0.3, -0.25) is 4.90 Å². The van der Waals surface area contributed by atoms with Gasteiger partial charge in [-0.25, -0.2) is 9.97 Å². The van der Waals surface area contributed by atoms with Crippen molar-refractivity contribution in [3.05, 3.63) is 186 Å². The molecule has 3 aliphatic carbocycles. The highest BCUT2D eigenvalue weighted by atomic mass is 15.3. The number of hydrogen-bond donors (Lipinski definition) is 0. The fourth-order valence-corrected chi connectivity index (χ4v) is 9.51. The minimum Gasteiger partial charge on any atom is -0.310 e. The minimum absolute atomic E-state index is 0.223. The van der Waals surface area contributed by atoms with Gasteiger partial charge in [0.2, 0.25) is 0 Å². The number of nitrogens with zero attached hydrogens (tertiary/aromatic N) is 4. The van der Waals surface area contributed by atoms with E-state index in [0.29, 0.717) is 0 Å². The van der Waals surface area contributed by atoms with Crippen molar-refractivity contribution in [2.24, 2.45) is 17.3 Å². The van der Waals surface area contributed by atoms with E-state index in [1.165, 1.54) is 61.2 Å². The molecular weight excluding hydrogens is 633 g/mol. The third-order valence-corrected chi connectivity index (χ3v) is 11.9. The largest absolute Gasteiger partial charge is 0.310 e. The summed E-state index contributed by atoms with van der Waals surface area (Å²) < 4.78 is 2.46.